The van der Waals surface area contributed by atoms with Crippen molar-refractivity contribution in [1.82, 2.24) is 19.5 Å². The Morgan fingerprint density at radius 1 is 1.06 bits per heavy atom. The number of nitrogens with two attached hydrogens (primary N) is 2. The quantitative estimate of drug-likeness (QED) is 0.335. The molecule has 0 aliphatic heterocycles. The van der Waals surface area contributed by atoms with Gasteiger partial charge in [-0.15, -0.1) is 0 Å². The van der Waals surface area contributed by atoms with Crippen molar-refractivity contribution >= 4 is 49.5 Å². The molecule has 1 fully saturated rings. The van der Waals surface area contributed by atoms with Crippen LogP contribution in [0, 0.1) is 5.92 Å². The molecule has 4 atom stereocenters. The lowest BCUT2D eigenvalue weighted by molar-refractivity contribution is -0.0410. The summed E-state index contributed by atoms with van der Waals surface area (Å²) in [5.74, 6) is 1.29. The number of fused-ring (bicyclic) bond motifs is 2. The van der Waals surface area contributed by atoms with E-state index in [1.165, 1.54) is 6.33 Å². The van der Waals surface area contributed by atoms with Gasteiger partial charge in [-0.3, -0.25) is 0 Å². The highest BCUT2D eigenvalue weighted by Gasteiger charge is 2.37. The van der Waals surface area contributed by atoms with E-state index in [4.69, 9.17) is 16.2 Å². The Morgan fingerprint density at radius 3 is 2.75 bits per heavy atom. The van der Waals surface area contributed by atoms with Crippen LogP contribution in [0.2, 0.25) is 0 Å². The number of halogens is 1. The third-order valence-corrected chi connectivity index (χ3v) is 6.78. The molecular weight excluding hydrogens is 476 g/mol. The van der Waals surface area contributed by atoms with Crippen LogP contribution in [0.25, 0.3) is 21.9 Å². The molecule has 1 unspecified atom stereocenters. The minimum atomic E-state index is -0.709. The van der Waals surface area contributed by atoms with Gasteiger partial charge in [-0.1, -0.05) is 0 Å². The summed E-state index contributed by atoms with van der Waals surface area (Å²) < 4.78 is 8.68. The number of nitrogen functional groups attached to an aromatic ring is 2. The van der Waals surface area contributed by atoms with Crippen LogP contribution in [-0.4, -0.2) is 48.5 Å². The molecule has 10 heteroatoms. The van der Waals surface area contributed by atoms with Crippen LogP contribution in [0.15, 0.2) is 47.3 Å². The minimum Gasteiger partial charge on any atom is -0.493 e. The number of anilines is 2. The summed E-state index contributed by atoms with van der Waals surface area (Å²) in [6.07, 6.45) is 2.67. The molecule has 3 heterocycles. The second kappa shape index (κ2) is 8.19. The van der Waals surface area contributed by atoms with Crippen molar-refractivity contribution in [3.05, 3.63) is 47.3 Å². The van der Waals surface area contributed by atoms with Crippen LogP contribution in [0.1, 0.15) is 18.9 Å². The van der Waals surface area contributed by atoms with Crippen LogP contribution in [-0.2, 0) is 0 Å². The Bertz CT molecular complexity index is 1300. The van der Waals surface area contributed by atoms with E-state index < -0.39 is 12.2 Å². The molecule has 166 valence electrons. The van der Waals surface area contributed by atoms with Crippen LogP contribution in [0.3, 0.4) is 0 Å². The summed E-state index contributed by atoms with van der Waals surface area (Å²) in [7, 11) is 0. The molecule has 0 saturated heterocycles. The molecule has 1 aliphatic rings. The Morgan fingerprint density at radius 2 is 1.91 bits per heavy atom. The first-order valence-electron chi connectivity index (χ1n) is 10.3. The molecule has 4 aromatic rings. The summed E-state index contributed by atoms with van der Waals surface area (Å²) in [6, 6.07) is 9.12. The number of nitrogens with zero attached hydrogens (tertiary/aromatic N) is 4. The smallest absolute Gasteiger partial charge is 0.145 e. The third-order valence-electron chi connectivity index (χ3n) is 6.15. The van der Waals surface area contributed by atoms with Crippen molar-refractivity contribution in [3.63, 3.8) is 0 Å². The molecule has 1 saturated carbocycles. The normalized spacial score (nSPS) is 23.6. The highest BCUT2D eigenvalue weighted by Crippen LogP contribution is 2.36. The predicted molar refractivity (Wildman–Crippen MR) is 125 cm³/mol. The van der Waals surface area contributed by atoms with Gasteiger partial charge in [0.1, 0.15) is 29.4 Å². The number of hydrogen-bond donors (Lipinski definition) is 4. The number of aliphatic hydroxyl groups excluding tert-OH is 2. The topological polar surface area (TPSA) is 145 Å². The molecule has 1 aromatic carbocycles. The molecule has 9 nitrogen and oxygen atoms in total. The molecule has 0 bridgehead atoms. The van der Waals surface area contributed by atoms with Crippen molar-refractivity contribution in [1.29, 1.82) is 0 Å². The maximum atomic E-state index is 10.7. The molecule has 1 aliphatic carbocycles. The van der Waals surface area contributed by atoms with E-state index in [-0.39, 0.29) is 18.4 Å². The van der Waals surface area contributed by atoms with Gasteiger partial charge >= 0.3 is 0 Å². The largest absolute Gasteiger partial charge is 0.493 e. The Hall–Kier alpha value is -2.95. The lowest BCUT2D eigenvalue weighted by Gasteiger charge is -2.37. The van der Waals surface area contributed by atoms with Gasteiger partial charge in [-0.2, -0.15) is 0 Å². The first kappa shape index (κ1) is 20.9. The van der Waals surface area contributed by atoms with Crippen molar-refractivity contribution < 1.29 is 14.9 Å². The van der Waals surface area contributed by atoms with Crippen molar-refractivity contribution in [2.45, 2.75) is 31.1 Å². The Kier molecular flexibility index (Phi) is 5.36. The molecular formula is C22H23BrN6O3. The summed E-state index contributed by atoms with van der Waals surface area (Å²) in [5.41, 5.74) is 13.2. The number of aliphatic hydroxyl groups is 2. The van der Waals surface area contributed by atoms with E-state index in [1.807, 2.05) is 41.1 Å². The highest BCUT2D eigenvalue weighted by atomic mass is 79.9. The maximum Gasteiger partial charge on any atom is 0.145 e. The van der Waals surface area contributed by atoms with Crippen molar-refractivity contribution in [2.75, 3.05) is 18.1 Å². The Labute approximate surface area is 192 Å². The van der Waals surface area contributed by atoms with Gasteiger partial charge in [-0.05, 0) is 46.6 Å². The van der Waals surface area contributed by atoms with E-state index >= 15 is 0 Å². The molecule has 6 N–H and O–H groups in total. The van der Waals surface area contributed by atoms with Crippen molar-refractivity contribution in [2.24, 2.45) is 5.92 Å². The van der Waals surface area contributed by atoms with E-state index in [0.717, 1.165) is 20.8 Å². The van der Waals surface area contributed by atoms with Gasteiger partial charge in [0.25, 0.3) is 0 Å². The van der Waals surface area contributed by atoms with Gasteiger partial charge in [-0.25, -0.2) is 15.0 Å². The average molecular weight is 499 g/mol. The fraction of sp³-hybridized carbons (Fsp3) is 0.318. The molecule has 3 aromatic heterocycles. The van der Waals surface area contributed by atoms with Gasteiger partial charge in [0.2, 0.25) is 0 Å². The second-order valence-corrected chi connectivity index (χ2v) is 9.03. The standard InChI is InChI=1S/C22H23BrN6O3/c23-15-5-11-1-2-13(7-16(11)28-21(15)25)32-9-12-6-17(19(31)8-18(12)30)29-4-3-14-20(24)26-10-27-22(14)29/h1-5,7,10,12,17-19,30-31H,6,8-9H2,(H2,25,28)(H2,24,26,27)/t12-,17-,18?,19-/m1/s1. The number of ether oxygens (including phenoxy) is 1. The fourth-order valence-electron chi connectivity index (χ4n) is 4.39. The molecule has 32 heavy (non-hydrogen) atoms. The number of rotatable bonds is 4. The molecule has 0 spiro atoms. The Balaban J connectivity index is 1.35. The lowest BCUT2D eigenvalue weighted by atomic mass is 9.81. The second-order valence-electron chi connectivity index (χ2n) is 8.17. The van der Waals surface area contributed by atoms with Gasteiger partial charge < -0.3 is 31.0 Å². The van der Waals surface area contributed by atoms with E-state index in [0.29, 0.717) is 36.1 Å². The SMILES string of the molecule is Nc1nc2cc(OC[C@H]3C[C@@H](n4ccc5c(N)ncnc54)[C@H](O)CC3O)ccc2cc1Br. The zero-order valence-electron chi connectivity index (χ0n) is 17.1. The van der Waals surface area contributed by atoms with Crippen LogP contribution < -0.4 is 16.2 Å². The molecule has 0 amide bonds. The molecule has 5 rings (SSSR count). The zero-order valence-corrected chi connectivity index (χ0v) is 18.7. The summed E-state index contributed by atoms with van der Waals surface area (Å²) in [6.45, 7) is 0.304. The zero-order chi connectivity index (χ0) is 22.4. The fourth-order valence-corrected chi connectivity index (χ4v) is 4.72. The van der Waals surface area contributed by atoms with Gasteiger partial charge in [0.15, 0.2) is 0 Å². The van der Waals surface area contributed by atoms with Gasteiger partial charge in [0, 0.05) is 30.0 Å². The van der Waals surface area contributed by atoms with Crippen LogP contribution in [0.4, 0.5) is 11.6 Å². The van der Waals surface area contributed by atoms with Crippen LogP contribution in [0.5, 0.6) is 5.75 Å². The number of hydrogen-bond acceptors (Lipinski definition) is 8. The van der Waals surface area contributed by atoms with Crippen LogP contribution >= 0.6 is 15.9 Å². The molecule has 0 radical (unpaired) electrons. The van der Waals surface area contributed by atoms with Gasteiger partial charge in [0.05, 0.1) is 40.2 Å². The lowest BCUT2D eigenvalue weighted by Crippen LogP contribution is -2.41. The number of pyridine rings is 1. The van der Waals surface area contributed by atoms with E-state index in [2.05, 4.69) is 30.9 Å². The monoisotopic (exact) mass is 498 g/mol. The van der Waals surface area contributed by atoms with E-state index in [9.17, 15) is 10.2 Å². The maximum absolute atomic E-state index is 10.7. The predicted octanol–water partition coefficient (Wildman–Crippen LogP) is 2.66. The average Bonchev–Trinajstić information content (AvgIpc) is 3.19. The highest BCUT2D eigenvalue weighted by molar-refractivity contribution is 9.10. The summed E-state index contributed by atoms with van der Waals surface area (Å²) >= 11 is 3.39. The first-order chi connectivity index (χ1) is 15.4. The summed E-state index contributed by atoms with van der Waals surface area (Å²) in [4.78, 5) is 12.7. The van der Waals surface area contributed by atoms with Crippen molar-refractivity contribution in [3.8, 4) is 5.75 Å². The number of aromatic nitrogens is 4. The first-order valence-corrected chi connectivity index (χ1v) is 11.1. The minimum absolute atomic E-state index is 0.168. The summed E-state index contributed by atoms with van der Waals surface area (Å²) in [5, 5.41) is 23.0. The number of benzene rings is 1. The van der Waals surface area contributed by atoms with E-state index in [1.54, 1.807) is 0 Å². The third kappa shape index (κ3) is 3.74.